The Hall–Kier alpha value is -1.07. The molecule has 0 bridgehead atoms. The van der Waals surface area contributed by atoms with Crippen molar-refractivity contribution in [1.29, 1.82) is 0 Å². The summed E-state index contributed by atoms with van der Waals surface area (Å²) in [7, 11) is 1.35. The molecule has 1 aromatic carbocycles. The van der Waals surface area contributed by atoms with Gasteiger partial charge in [-0.15, -0.1) is 0 Å². The summed E-state index contributed by atoms with van der Waals surface area (Å²) < 4.78 is 16.0. The minimum absolute atomic E-state index is 0.0831. The van der Waals surface area contributed by atoms with Crippen molar-refractivity contribution in [3.63, 3.8) is 0 Å². The molecule has 1 heterocycles. The first kappa shape index (κ1) is 11.4. The average Bonchev–Trinajstić information content (AvgIpc) is 2.21. The highest BCUT2D eigenvalue weighted by Gasteiger charge is 2.20. The monoisotopic (exact) mass is 286 g/mol. The topological polar surface area (TPSA) is 44.8 Å². The van der Waals surface area contributed by atoms with Gasteiger partial charge in [0, 0.05) is 4.47 Å². The number of hydrogen-bond acceptors (Lipinski definition) is 4. The maximum Gasteiger partial charge on any atom is 0.338 e. The van der Waals surface area contributed by atoms with Crippen molar-refractivity contribution in [3.8, 4) is 5.75 Å². The number of esters is 1. The van der Waals surface area contributed by atoms with E-state index in [1.165, 1.54) is 7.11 Å². The molecular formula is C11H11BrO4. The largest absolute Gasteiger partial charge is 0.486 e. The van der Waals surface area contributed by atoms with Gasteiger partial charge in [0.05, 0.1) is 25.9 Å². The van der Waals surface area contributed by atoms with Crippen LogP contribution in [-0.4, -0.2) is 32.4 Å². The number of carbonyl (C=O) groups excluding carboxylic acids is 1. The first-order chi connectivity index (χ1) is 7.69. The fourth-order valence-electron chi connectivity index (χ4n) is 1.34. The molecule has 16 heavy (non-hydrogen) atoms. The van der Waals surface area contributed by atoms with Crippen molar-refractivity contribution >= 4 is 21.9 Å². The molecule has 1 aliphatic rings. The van der Waals surface area contributed by atoms with Gasteiger partial charge in [0.2, 0.25) is 0 Å². The Labute approximate surface area is 102 Å². The molecule has 0 radical (unpaired) electrons. The quantitative estimate of drug-likeness (QED) is 0.798. The fraction of sp³-hybridized carbons (Fsp3) is 0.364. The Bertz CT molecular complexity index is 401. The van der Waals surface area contributed by atoms with E-state index in [1.807, 2.05) is 6.07 Å². The Kier molecular flexibility index (Phi) is 3.46. The Morgan fingerprint density at radius 1 is 1.44 bits per heavy atom. The van der Waals surface area contributed by atoms with E-state index in [4.69, 9.17) is 9.47 Å². The second-order valence-corrected chi connectivity index (χ2v) is 4.36. The summed E-state index contributed by atoms with van der Waals surface area (Å²) >= 11 is 3.32. The van der Waals surface area contributed by atoms with Gasteiger partial charge >= 0.3 is 5.97 Å². The number of rotatable bonds is 3. The zero-order valence-electron chi connectivity index (χ0n) is 8.73. The van der Waals surface area contributed by atoms with Crippen LogP contribution < -0.4 is 4.74 Å². The van der Waals surface area contributed by atoms with Crippen molar-refractivity contribution in [2.45, 2.75) is 6.10 Å². The van der Waals surface area contributed by atoms with E-state index < -0.39 is 0 Å². The van der Waals surface area contributed by atoms with Gasteiger partial charge in [-0.3, -0.25) is 0 Å². The summed E-state index contributed by atoms with van der Waals surface area (Å²) in [6.45, 7) is 1.19. The van der Waals surface area contributed by atoms with Crippen molar-refractivity contribution in [1.82, 2.24) is 0 Å². The van der Waals surface area contributed by atoms with E-state index in [2.05, 4.69) is 20.7 Å². The second kappa shape index (κ2) is 4.84. The van der Waals surface area contributed by atoms with Gasteiger partial charge in [0.1, 0.15) is 11.9 Å². The summed E-state index contributed by atoms with van der Waals surface area (Å²) in [6.07, 6.45) is 0.0831. The van der Waals surface area contributed by atoms with E-state index in [1.54, 1.807) is 12.1 Å². The lowest BCUT2D eigenvalue weighted by molar-refractivity contribution is -0.0797. The molecule has 1 fully saturated rings. The van der Waals surface area contributed by atoms with Crippen LogP contribution >= 0.6 is 15.9 Å². The number of hydrogen-bond donors (Lipinski definition) is 0. The molecule has 1 saturated heterocycles. The molecule has 0 unspecified atom stereocenters. The van der Waals surface area contributed by atoms with Gasteiger partial charge in [-0.25, -0.2) is 4.79 Å². The highest BCUT2D eigenvalue weighted by Crippen LogP contribution is 2.24. The molecule has 1 aliphatic heterocycles. The van der Waals surface area contributed by atoms with Crippen molar-refractivity contribution < 1.29 is 19.0 Å². The summed E-state index contributed by atoms with van der Waals surface area (Å²) in [5, 5.41) is 0. The van der Waals surface area contributed by atoms with Crippen molar-refractivity contribution in [2.75, 3.05) is 20.3 Å². The number of ether oxygens (including phenoxy) is 3. The zero-order chi connectivity index (χ0) is 11.5. The lowest BCUT2D eigenvalue weighted by Crippen LogP contribution is -2.38. The molecule has 0 atom stereocenters. The molecule has 0 spiro atoms. The predicted octanol–water partition coefficient (Wildman–Crippen LogP) is 2.01. The third-order valence-electron chi connectivity index (χ3n) is 2.20. The van der Waals surface area contributed by atoms with Crippen molar-refractivity contribution in [3.05, 3.63) is 28.2 Å². The van der Waals surface area contributed by atoms with Gasteiger partial charge in [0.15, 0.2) is 0 Å². The SMILES string of the molecule is COC(=O)c1cc(Br)cc(OC2COC2)c1. The smallest absolute Gasteiger partial charge is 0.338 e. The molecule has 0 amide bonds. The Morgan fingerprint density at radius 2 is 2.19 bits per heavy atom. The Morgan fingerprint density at radius 3 is 2.75 bits per heavy atom. The molecule has 4 nitrogen and oxygen atoms in total. The van der Waals surface area contributed by atoms with Gasteiger partial charge in [-0.2, -0.15) is 0 Å². The minimum atomic E-state index is -0.379. The summed E-state index contributed by atoms with van der Waals surface area (Å²) in [4.78, 5) is 11.4. The maximum absolute atomic E-state index is 11.4. The first-order valence-electron chi connectivity index (χ1n) is 4.82. The molecule has 0 saturated carbocycles. The van der Waals surface area contributed by atoms with Crippen LogP contribution in [0.25, 0.3) is 0 Å². The number of methoxy groups -OCH3 is 1. The molecule has 1 aromatic rings. The van der Waals surface area contributed by atoms with Gasteiger partial charge in [0.25, 0.3) is 0 Å². The lowest BCUT2D eigenvalue weighted by Gasteiger charge is -2.26. The molecule has 5 heteroatoms. The van der Waals surface area contributed by atoms with Gasteiger partial charge in [-0.1, -0.05) is 15.9 Å². The highest BCUT2D eigenvalue weighted by atomic mass is 79.9. The zero-order valence-corrected chi connectivity index (χ0v) is 10.3. The van der Waals surface area contributed by atoms with Crippen LogP contribution in [0, 0.1) is 0 Å². The number of carbonyl (C=O) groups is 1. The third-order valence-corrected chi connectivity index (χ3v) is 2.66. The summed E-state index contributed by atoms with van der Waals surface area (Å²) in [6, 6.07) is 5.16. The second-order valence-electron chi connectivity index (χ2n) is 3.44. The van der Waals surface area contributed by atoms with E-state index in [0.29, 0.717) is 24.5 Å². The molecule has 0 aromatic heterocycles. The van der Waals surface area contributed by atoms with Crippen LogP contribution in [0.3, 0.4) is 0 Å². The lowest BCUT2D eigenvalue weighted by atomic mass is 10.2. The molecule has 2 rings (SSSR count). The molecular weight excluding hydrogens is 276 g/mol. The summed E-state index contributed by atoms with van der Waals surface area (Å²) in [5.74, 6) is 0.263. The number of halogens is 1. The average molecular weight is 287 g/mol. The summed E-state index contributed by atoms with van der Waals surface area (Å²) in [5.41, 5.74) is 0.465. The van der Waals surface area contributed by atoms with Crippen molar-refractivity contribution in [2.24, 2.45) is 0 Å². The van der Waals surface area contributed by atoms with Crippen LogP contribution in [-0.2, 0) is 9.47 Å². The van der Waals surface area contributed by atoms with Gasteiger partial charge < -0.3 is 14.2 Å². The molecule has 0 aliphatic carbocycles. The van der Waals surface area contributed by atoms with E-state index in [9.17, 15) is 4.79 Å². The highest BCUT2D eigenvalue weighted by molar-refractivity contribution is 9.10. The van der Waals surface area contributed by atoms with Crippen LogP contribution in [0.15, 0.2) is 22.7 Å². The number of benzene rings is 1. The van der Waals surface area contributed by atoms with E-state index in [-0.39, 0.29) is 12.1 Å². The molecule has 86 valence electrons. The normalized spacial score (nSPS) is 15.4. The predicted molar refractivity (Wildman–Crippen MR) is 60.7 cm³/mol. The van der Waals surface area contributed by atoms with E-state index >= 15 is 0 Å². The standard InChI is InChI=1S/C11H11BrO4/c1-14-11(13)7-2-8(12)4-9(3-7)16-10-5-15-6-10/h2-4,10H,5-6H2,1H3. The van der Waals surface area contributed by atoms with E-state index in [0.717, 1.165) is 4.47 Å². The van der Waals surface area contributed by atoms with Crippen LogP contribution in [0.4, 0.5) is 0 Å². The van der Waals surface area contributed by atoms with Crippen LogP contribution in [0.5, 0.6) is 5.75 Å². The minimum Gasteiger partial charge on any atom is -0.486 e. The maximum atomic E-state index is 11.4. The van der Waals surface area contributed by atoms with Gasteiger partial charge in [-0.05, 0) is 18.2 Å². The third kappa shape index (κ3) is 2.54. The van der Waals surface area contributed by atoms with Crippen LogP contribution in [0.1, 0.15) is 10.4 Å². The molecule has 0 N–H and O–H groups in total. The fourth-order valence-corrected chi connectivity index (χ4v) is 1.81. The van der Waals surface area contributed by atoms with Crippen LogP contribution in [0.2, 0.25) is 0 Å². The Balaban J connectivity index is 2.17. The first-order valence-corrected chi connectivity index (χ1v) is 5.61.